The molecule has 8 heteroatoms. The van der Waals surface area contributed by atoms with Crippen LogP contribution in [0.1, 0.15) is 36.0 Å². The van der Waals surface area contributed by atoms with Crippen molar-refractivity contribution in [1.29, 1.82) is 0 Å². The number of rotatable bonds is 5. The summed E-state index contributed by atoms with van der Waals surface area (Å²) in [5, 5.41) is 8.72. The second-order valence-electron chi connectivity index (χ2n) is 5.90. The van der Waals surface area contributed by atoms with Crippen molar-refractivity contribution in [2.75, 3.05) is 26.7 Å². The average molecular weight is 354 g/mol. The largest absolute Gasteiger partial charge is 0.480 e. The van der Waals surface area contributed by atoms with Gasteiger partial charge in [0.15, 0.2) is 0 Å². The molecule has 0 aliphatic carbocycles. The van der Waals surface area contributed by atoms with E-state index in [0.717, 1.165) is 30.6 Å². The van der Waals surface area contributed by atoms with Crippen LogP contribution in [-0.2, 0) is 14.8 Å². The van der Waals surface area contributed by atoms with Crippen LogP contribution in [0, 0.1) is 0 Å². The van der Waals surface area contributed by atoms with Gasteiger partial charge >= 0.3 is 5.97 Å². The Morgan fingerprint density at radius 1 is 1.08 bits per heavy atom. The molecule has 0 radical (unpaired) electrons. The molecule has 1 aliphatic rings. The lowest BCUT2D eigenvalue weighted by Gasteiger charge is -2.20. The van der Waals surface area contributed by atoms with E-state index in [-0.39, 0.29) is 10.5 Å². The van der Waals surface area contributed by atoms with Crippen LogP contribution in [0.3, 0.4) is 0 Å². The van der Waals surface area contributed by atoms with Crippen molar-refractivity contribution in [3.05, 3.63) is 29.8 Å². The Balaban J connectivity index is 2.16. The molecule has 1 aromatic rings. The molecule has 0 unspecified atom stereocenters. The highest BCUT2D eigenvalue weighted by Crippen LogP contribution is 2.21. The van der Waals surface area contributed by atoms with E-state index in [1.807, 2.05) is 0 Å². The zero-order valence-corrected chi connectivity index (χ0v) is 14.5. The second-order valence-corrected chi connectivity index (χ2v) is 7.84. The number of amides is 1. The van der Waals surface area contributed by atoms with Crippen LogP contribution in [0.15, 0.2) is 29.2 Å². The molecule has 1 fully saturated rings. The molecule has 1 aromatic carbocycles. The van der Waals surface area contributed by atoms with Crippen LogP contribution in [0.25, 0.3) is 0 Å². The van der Waals surface area contributed by atoms with Crippen LogP contribution in [0.2, 0.25) is 0 Å². The smallest absolute Gasteiger partial charge is 0.323 e. The molecule has 0 saturated carbocycles. The van der Waals surface area contributed by atoms with Gasteiger partial charge in [-0.2, -0.15) is 4.31 Å². The fourth-order valence-electron chi connectivity index (χ4n) is 2.70. The van der Waals surface area contributed by atoms with Gasteiger partial charge in [0.25, 0.3) is 5.91 Å². The van der Waals surface area contributed by atoms with Gasteiger partial charge in [-0.25, -0.2) is 8.42 Å². The molecule has 0 aromatic heterocycles. The van der Waals surface area contributed by atoms with Crippen molar-refractivity contribution in [2.45, 2.75) is 30.6 Å². The van der Waals surface area contributed by atoms with Gasteiger partial charge in [0, 0.05) is 25.7 Å². The number of carbonyl (C=O) groups excluding carboxylic acids is 1. The standard InChI is InChI=1S/C16H22N2O5S/c1-17(12-15(19)20)16(21)13-6-8-14(9-7-13)24(22,23)18-10-4-2-3-5-11-18/h6-9H,2-5,10-12H2,1H3,(H,19,20). The Morgan fingerprint density at radius 2 is 1.62 bits per heavy atom. The van der Waals surface area contributed by atoms with E-state index < -0.39 is 28.4 Å². The first kappa shape index (κ1) is 18.4. The van der Waals surface area contributed by atoms with Crippen molar-refractivity contribution >= 4 is 21.9 Å². The SMILES string of the molecule is CN(CC(=O)O)C(=O)c1ccc(S(=O)(=O)N2CCCCCC2)cc1. The topological polar surface area (TPSA) is 95.0 Å². The fourth-order valence-corrected chi connectivity index (χ4v) is 4.21. The van der Waals surface area contributed by atoms with E-state index in [1.54, 1.807) is 0 Å². The predicted octanol–water partition coefficient (Wildman–Crippen LogP) is 1.41. The third-order valence-electron chi connectivity index (χ3n) is 4.02. The van der Waals surface area contributed by atoms with E-state index in [1.165, 1.54) is 35.6 Å². The van der Waals surface area contributed by atoms with Crippen molar-refractivity contribution in [3.63, 3.8) is 0 Å². The number of hydrogen-bond donors (Lipinski definition) is 1. The molecule has 1 amide bonds. The molecule has 1 saturated heterocycles. The van der Waals surface area contributed by atoms with Gasteiger partial charge in [-0.15, -0.1) is 0 Å². The van der Waals surface area contributed by atoms with Crippen molar-refractivity contribution in [3.8, 4) is 0 Å². The Labute approximate surface area is 141 Å². The maximum absolute atomic E-state index is 12.7. The Hall–Kier alpha value is -1.93. The van der Waals surface area contributed by atoms with Gasteiger partial charge in [0.05, 0.1) is 4.90 Å². The zero-order chi connectivity index (χ0) is 17.7. The van der Waals surface area contributed by atoms with Crippen molar-refractivity contribution < 1.29 is 23.1 Å². The number of nitrogens with zero attached hydrogens (tertiary/aromatic N) is 2. The first-order chi connectivity index (χ1) is 11.3. The van der Waals surface area contributed by atoms with E-state index >= 15 is 0 Å². The Kier molecular flexibility index (Phi) is 5.95. The van der Waals surface area contributed by atoms with Crippen LogP contribution >= 0.6 is 0 Å². The summed E-state index contributed by atoms with van der Waals surface area (Å²) < 4.78 is 26.8. The third kappa shape index (κ3) is 4.33. The molecule has 1 aliphatic heterocycles. The number of hydrogen-bond acceptors (Lipinski definition) is 4. The number of aliphatic carboxylic acids is 1. The van der Waals surface area contributed by atoms with Crippen LogP contribution in [-0.4, -0.2) is 61.3 Å². The van der Waals surface area contributed by atoms with E-state index in [2.05, 4.69) is 0 Å². The van der Waals surface area contributed by atoms with Gasteiger partial charge in [-0.3, -0.25) is 9.59 Å². The van der Waals surface area contributed by atoms with Gasteiger partial charge in [-0.1, -0.05) is 12.8 Å². The summed E-state index contributed by atoms with van der Waals surface area (Å²) in [7, 11) is -2.17. The summed E-state index contributed by atoms with van der Waals surface area (Å²) in [4.78, 5) is 24.0. The van der Waals surface area contributed by atoms with Crippen molar-refractivity contribution in [1.82, 2.24) is 9.21 Å². The lowest BCUT2D eigenvalue weighted by Crippen LogP contribution is -2.33. The van der Waals surface area contributed by atoms with Crippen molar-refractivity contribution in [2.24, 2.45) is 0 Å². The minimum absolute atomic E-state index is 0.154. The summed E-state index contributed by atoms with van der Waals surface area (Å²) in [6, 6.07) is 5.65. The zero-order valence-electron chi connectivity index (χ0n) is 13.6. The van der Waals surface area contributed by atoms with E-state index in [4.69, 9.17) is 5.11 Å². The second kappa shape index (κ2) is 7.76. The number of benzene rings is 1. The molecule has 0 spiro atoms. The normalized spacial score (nSPS) is 16.4. The van der Waals surface area contributed by atoms with Gasteiger partial charge in [-0.05, 0) is 37.1 Å². The highest BCUT2D eigenvalue weighted by molar-refractivity contribution is 7.89. The first-order valence-corrected chi connectivity index (χ1v) is 9.34. The quantitative estimate of drug-likeness (QED) is 0.862. The average Bonchev–Trinajstić information content (AvgIpc) is 2.83. The molecular formula is C16H22N2O5S. The molecule has 24 heavy (non-hydrogen) atoms. The number of carboxylic acid groups (broad SMARTS) is 1. The lowest BCUT2D eigenvalue weighted by atomic mass is 10.2. The summed E-state index contributed by atoms with van der Waals surface area (Å²) >= 11 is 0. The maximum atomic E-state index is 12.7. The molecule has 1 heterocycles. The number of carbonyl (C=O) groups is 2. The minimum Gasteiger partial charge on any atom is -0.480 e. The Morgan fingerprint density at radius 3 is 2.12 bits per heavy atom. The molecule has 1 N–H and O–H groups in total. The highest BCUT2D eigenvalue weighted by atomic mass is 32.2. The molecule has 0 atom stereocenters. The van der Waals surface area contributed by atoms with Crippen LogP contribution < -0.4 is 0 Å². The molecule has 7 nitrogen and oxygen atoms in total. The predicted molar refractivity (Wildman–Crippen MR) is 88.3 cm³/mol. The fraction of sp³-hybridized carbons (Fsp3) is 0.500. The number of carboxylic acids is 1. The van der Waals surface area contributed by atoms with Crippen LogP contribution in [0.5, 0.6) is 0 Å². The monoisotopic (exact) mass is 354 g/mol. The Bertz CT molecular complexity index is 692. The lowest BCUT2D eigenvalue weighted by molar-refractivity contribution is -0.137. The van der Waals surface area contributed by atoms with E-state index in [0.29, 0.717) is 13.1 Å². The summed E-state index contributed by atoms with van der Waals surface area (Å²) in [6.45, 7) is 0.626. The number of sulfonamides is 1. The van der Waals surface area contributed by atoms with E-state index in [9.17, 15) is 18.0 Å². The summed E-state index contributed by atoms with van der Waals surface area (Å²) in [5.41, 5.74) is 0.258. The van der Waals surface area contributed by atoms with Gasteiger partial charge in [0.2, 0.25) is 10.0 Å². The third-order valence-corrected chi connectivity index (χ3v) is 5.94. The first-order valence-electron chi connectivity index (χ1n) is 7.90. The number of likely N-dealkylation sites (N-methyl/N-ethyl adjacent to an activating group) is 1. The van der Waals surface area contributed by atoms with Gasteiger partial charge in [0.1, 0.15) is 6.54 Å². The molecule has 132 valence electrons. The summed E-state index contributed by atoms with van der Waals surface area (Å²) in [6.07, 6.45) is 3.79. The molecule has 2 rings (SSSR count). The minimum atomic E-state index is -3.55. The summed E-state index contributed by atoms with van der Waals surface area (Å²) in [5.74, 6) is -1.57. The van der Waals surface area contributed by atoms with Crippen LogP contribution in [0.4, 0.5) is 0 Å². The highest BCUT2D eigenvalue weighted by Gasteiger charge is 2.25. The maximum Gasteiger partial charge on any atom is 0.323 e. The molecule has 0 bridgehead atoms. The molecular weight excluding hydrogens is 332 g/mol. The van der Waals surface area contributed by atoms with Gasteiger partial charge < -0.3 is 10.0 Å².